The molecule has 2 aromatic carbocycles. The van der Waals surface area contributed by atoms with E-state index in [0.717, 1.165) is 43.7 Å². The number of nitrogens with zero attached hydrogens (tertiary/aromatic N) is 2. The highest BCUT2D eigenvalue weighted by Crippen LogP contribution is 2.31. The molecule has 154 valence electrons. The molecule has 0 aliphatic carbocycles. The zero-order valence-corrected chi connectivity index (χ0v) is 18.5. The molecule has 1 atom stereocenters. The Morgan fingerprint density at radius 2 is 1.97 bits per heavy atom. The molecular formula is C23H28BrN3O2. The van der Waals surface area contributed by atoms with Gasteiger partial charge in [-0.15, -0.1) is 0 Å². The van der Waals surface area contributed by atoms with Gasteiger partial charge in [0.25, 0.3) is 5.91 Å². The lowest BCUT2D eigenvalue weighted by molar-refractivity contribution is 0.0162. The van der Waals surface area contributed by atoms with Crippen LogP contribution >= 0.6 is 15.9 Å². The van der Waals surface area contributed by atoms with Crippen LogP contribution in [0.25, 0.3) is 0 Å². The maximum Gasteiger partial charge on any atom is 0.252 e. The van der Waals surface area contributed by atoms with Gasteiger partial charge in [-0.25, -0.2) is 0 Å². The van der Waals surface area contributed by atoms with Crippen molar-refractivity contribution in [1.82, 2.24) is 10.2 Å². The maximum absolute atomic E-state index is 12.8. The normalized spacial score (nSPS) is 18.2. The number of fused-ring (bicyclic) bond motifs is 1. The molecule has 0 saturated carbocycles. The second-order valence-corrected chi connectivity index (χ2v) is 8.62. The molecule has 2 aromatic rings. The molecule has 2 aliphatic heterocycles. The van der Waals surface area contributed by atoms with Crippen LogP contribution in [0.4, 0.5) is 5.69 Å². The summed E-state index contributed by atoms with van der Waals surface area (Å²) in [5, 5.41) is 3.16. The van der Waals surface area contributed by atoms with Crippen molar-refractivity contribution in [3.63, 3.8) is 0 Å². The third-order valence-corrected chi connectivity index (χ3v) is 6.59. The van der Waals surface area contributed by atoms with Gasteiger partial charge in [0, 0.05) is 43.4 Å². The SMILES string of the molecule is CN1CCCc2cc([C@@H](CNC(=O)c3ccccc3Br)N3CCOCC3)ccc21. The molecule has 29 heavy (non-hydrogen) atoms. The Hall–Kier alpha value is -1.89. The highest BCUT2D eigenvalue weighted by Gasteiger charge is 2.25. The second kappa shape index (κ2) is 9.28. The number of aryl methyl sites for hydroxylation is 1. The summed E-state index contributed by atoms with van der Waals surface area (Å²) in [7, 11) is 2.16. The van der Waals surface area contributed by atoms with Gasteiger partial charge in [-0.05, 0) is 58.1 Å². The van der Waals surface area contributed by atoms with Crippen molar-refractivity contribution in [3.05, 3.63) is 63.6 Å². The molecule has 1 saturated heterocycles. The van der Waals surface area contributed by atoms with Crippen molar-refractivity contribution >= 4 is 27.5 Å². The number of hydrogen-bond acceptors (Lipinski definition) is 4. The minimum absolute atomic E-state index is 0.0478. The minimum atomic E-state index is -0.0478. The molecule has 2 aliphatic rings. The molecule has 1 amide bonds. The number of morpholine rings is 1. The Labute approximate surface area is 181 Å². The van der Waals surface area contributed by atoms with E-state index < -0.39 is 0 Å². The summed E-state index contributed by atoms with van der Waals surface area (Å²) in [6.45, 7) is 4.93. The number of benzene rings is 2. The molecule has 6 heteroatoms. The van der Waals surface area contributed by atoms with Crippen LogP contribution in [0.5, 0.6) is 0 Å². The van der Waals surface area contributed by atoms with E-state index in [1.54, 1.807) is 0 Å². The Morgan fingerprint density at radius 3 is 2.76 bits per heavy atom. The summed E-state index contributed by atoms with van der Waals surface area (Å²) in [5.74, 6) is -0.0478. The van der Waals surface area contributed by atoms with E-state index >= 15 is 0 Å². The van der Waals surface area contributed by atoms with Crippen LogP contribution in [0.2, 0.25) is 0 Å². The van der Waals surface area contributed by atoms with Crippen molar-refractivity contribution < 1.29 is 9.53 Å². The van der Waals surface area contributed by atoms with Gasteiger partial charge in [0.05, 0.1) is 24.8 Å². The molecule has 4 rings (SSSR count). The first-order valence-electron chi connectivity index (χ1n) is 10.3. The largest absolute Gasteiger partial charge is 0.379 e. The van der Waals surface area contributed by atoms with Crippen LogP contribution in [-0.2, 0) is 11.2 Å². The lowest BCUT2D eigenvalue weighted by Crippen LogP contribution is -2.44. The molecule has 1 N–H and O–H groups in total. The number of carbonyl (C=O) groups is 1. The van der Waals surface area contributed by atoms with Gasteiger partial charge in [0.15, 0.2) is 0 Å². The molecular weight excluding hydrogens is 430 g/mol. The third kappa shape index (κ3) is 4.65. The third-order valence-electron chi connectivity index (χ3n) is 5.90. The van der Waals surface area contributed by atoms with Gasteiger partial charge < -0.3 is 15.0 Å². The smallest absolute Gasteiger partial charge is 0.252 e. The predicted molar refractivity (Wildman–Crippen MR) is 120 cm³/mol. The van der Waals surface area contributed by atoms with Gasteiger partial charge in [0.1, 0.15) is 0 Å². The molecule has 2 heterocycles. The van der Waals surface area contributed by atoms with E-state index in [9.17, 15) is 4.79 Å². The van der Waals surface area contributed by atoms with Crippen LogP contribution in [0.15, 0.2) is 46.9 Å². The fraction of sp³-hybridized carbons (Fsp3) is 0.435. The number of carbonyl (C=O) groups excluding carboxylic acids is 1. The van der Waals surface area contributed by atoms with E-state index in [4.69, 9.17) is 4.74 Å². The zero-order valence-electron chi connectivity index (χ0n) is 16.9. The second-order valence-electron chi connectivity index (χ2n) is 7.77. The van der Waals surface area contributed by atoms with Gasteiger partial charge >= 0.3 is 0 Å². The van der Waals surface area contributed by atoms with Crippen LogP contribution in [0.1, 0.15) is 33.9 Å². The van der Waals surface area contributed by atoms with Gasteiger partial charge in [-0.2, -0.15) is 0 Å². The Balaban J connectivity index is 1.55. The topological polar surface area (TPSA) is 44.8 Å². The van der Waals surface area contributed by atoms with Crippen molar-refractivity contribution in [2.24, 2.45) is 0 Å². The summed E-state index contributed by atoms with van der Waals surface area (Å²) < 4.78 is 6.38. The monoisotopic (exact) mass is 457 g/mol. The van der Waals surface area contributed by atoms with E-state index in [1.807, 2.05) is 24.3 Å². The fourth-order valence-electron chi connectivity index (χ4n) is 4.29. The number of ether oxygens (including phenoxy) is 1. The average molecular weight is 458 g/mol. The van der Waals surface area contributed by atoms with Crippen LogP contribution in [0.3, 0.4) is 0 Å². The van der Waals surface area contributed by atoms with E-state index in [2.05, 4.69) is 56.3 Å². The molecule has 0 bridgehead atoms. The first-order chi connectivity index (χ1) is 14.1. The average Bonchev–Trinajstić information content (AvgIpc) is 2.75. The highest BCUT2D eigenvalue weighted by atomic mass is 79.9. The van der Waals surface area contributed by atoms with Crippen molar-refractivity contribution in [2.45, 2.75) is 18.9 Å². The number of nitrogens with one attached hydrogen (secondary N) is 1. The summed E-state index contributed by atoms with van der Waals surface area (Å²) in [5.41, 5.74) is 4.68. The molecule has 0 aromatic heterocycles. The maximum atomic E-state index is 12.8. The number of hydrogen-bond donors (Lipinski definition) is 1. The van der Waals surface area contributed by atoms with Crippen molar-refractivity contribution in [3.8, 4) is 0 Å². The van der Waals surface area contributed by atoms with Crippen molar-refractivity contribution in [2.75, 3.05) is 51.3 Å². The van der Waals surface area contributed by atoms with Gasteiger partial charge in [-0.3, -0.25) is 9.69 Å². The fourth-order valence-corrected chi connectivity index (χ4v) is 4.75. The zero-order chi connectivity index (χ0) is 20.2. The number of amides is 1. The molecule has 5 nitrogen and oxygen atoms in total. The van der Waals surface area contributed by atoms with Crippen molar-refractivity contribution in [1.29, 1.82) is 0 Å². The predicted octanol–water partition coefficient (Wildman–Crippen LogP) is 3.63. The van der Waals surface area contributed by atoms with Gasteiger partial charge in [0.2, 0.25) is 0 Å². The molecule has 0 unspecified atom stereocenters. The highest BCUT2D eigenvalue weighted by molar-refractivity contribution is 9.10. The Bertz CT molecular complexity index is 867. The first-order valence-corrected chi connectivity index (χ1v) is 11.1. The lowest BCUT2D eigenvalue weighted by Gasteiger charge is -2.36. The number of halogens is 1. The Kier molecular flexibility index (Phi) is 6.53. The quantitative estimate of drug-likeness (QED) is 0.744. The van der Waals surface area contributed by atoms with E-state index in [-0.39, 0.29) is 11.9 Å². The summed E-state index contributed by atoms with van der Waals surface area (Å²) in [6.07, 6.45) is 2.31. The summed E-state index contributed by atoms with van der Waals surface area (Å²) in [6, 6.07) is 14.5. The summed E-state index contributed by atoms with van der Waals surface area (Å²) in [4.78, 5) is 17.5. The first kappa shape index (κ1) is 20.4. The number of rotatable bonds is 5. The summed E-state index contributed by atoms with van der Waals surface area (Å²) >= 11 is 3.48. The molecule has 1 fully saturated rings. The number of anilines is 1. The standard InChI is InChI=1S/C23H28BrN3O2/c1-26-10-4-5-17-15-18(8-9-21(17)26)22(27-11-13-29-14-12-27)16-25-23(28)19-6-2-3-7-20(19)24/h2-3,6-9,15,22H,4-5,10-14,16H2,1H3,(H,25,28)/t22-/m1/s1. The van der Waals surface area contributed by atoms with Crippen LogP contribution in [-0.4, -0.2) is 57.2 Å². The van der Waals surface area contributed by atoms with E-state index in [1.165, 1.54) is 23.2 Å². The van der Waals surface area contributed by atoms with E-state index in [0.29, 0.717) is 12.1 Å². The molecule has 0 radical (unpaired) electrons. The molecule has 0 spiro atoms. The minimum Gasteiger partial charge on any atom is -0.379 e. The van der Waals surface area contributed by atoms with Gasteiger partial charge in [-0.1, -0.05) is 24.3 Å². The lowest BCUT2D eigenvalue weighted by atomic mass is 9.95. The van der Waals surface area contributed by atoms with Crippen LogP contribution < -0.4 is 10.2 Å². The Morgan fingerprint density at radius 1 is 1.17 bits per heavy atom. The van der Waals surface area contributed by atoms with Crippen LogP contribution in [0, 0.1) is 0 Å².